The predicted molar refractivity (Wildman–Crippen MR) is 127 cm³/mol. The molecule has 1 aliphatic carbocycles. The molecular weight excluding hydrogens is 406 g/mol. The van der Waals surface area contributed by atoms with Crippen molar-refractivity contribution in [3.63, 3.8) is 0 Å². The van der Waals surface area contributed by atoms with Gasteiger partial charge in [0.2, 0.25) is 0 Å². The second-order valence-electron chi connectivity index (χ2n) is 9.97. The van der Waals surface area contributed by atoms with E-state index in [4.69, 9.17) is 4.98 Å². The maximum Gasteiger partial charge on any atom is 0.257 e. The zero-order chi connectivity index (χ0) is 22.3. The van der Waals surface area contributed by atoms with Gasteiger partial charge in [-0.15, -0.1) is 0 Å². The molecule has 0 bridgehead atoms. The summed E-state index contributed by atoms with van der Waals surface area (Å²) in [7, 11) is 0. The van der Waals surface area contributed by atoms with Gasteiger partial charge in [-0.25, -0.2) is 4.98 Å². The predicted octanol–water partition coefficient (Wildman–Crippen LogP) is 5.42. The van der Waals surface area contributed by atoms with Gasteiger partial charge in [0, 0.05) is 29.4 Å². The Morgan fingerprint density at radius 2 is 1.87 bits per heavy atom. The van der Waals surface area contributed by atoms with Crippen LogP contribution in [0.2, 0.25) is 0 Å². The van der Waals surface area contributed by atoms with Gasteiger partial charge in [0.1, 0.15) is 5.82 Å². The van der Waals surface area contributed by atoms with Gasteiger partial charge in [0.05, 0.1) is 5.56 Å². The number of carbonyl (C=O) groups is 1. The number of aromatic nitrogens is 2. The number of allylic oxidation sites excluding steroid dienone is 2. The van der Waals surface area contributed by atoms with Crippen molar-refractivity contribution < 1.29 is 4.79 Å². The van der Waals surface area contributed by atoms with E-state index in [1.807, 2.05) is 31.2 Å². The minimum absolute atomic E-state index is 0.116. The Kier molecular flexibility index (Phi) is 5.86. The monoisotopic (exact) mass is 437 g/mol. The highest BCUT2D eigenvalue weighted by Crippen LogP contribution is 2.47. The Morgan fingerprint density at radius 3 is 2.55 bits per heavy atom. The van der Waals surface area contributed by atoms with Gasteiger partial charge in [0.25, 0.3) is 5.56 Å². The molecule has 0 spiro atoms. The molecule has 0 saturated carbocycles. The molecule has 2 aliphatic rings. The zero-order valence-corrected chi connectivity index (χ0v) is 19.8. The summed E-state index contributed by atoms with van der Waals surface area (Å²) in [5.74, 6) is 1.82. The van der Waals surface area contributed by atoms with Crippen molar-refractivity contribution in [3.8, 4) is 0 Å². The number of ketones is 1. The van der Waals surface area contributed by atoms with Crippen LogP contribution < -0.4 is 10.9 Å². The fourth-order valence-electron chi connectivity index (χ4n) is 4.45. The summed E-state index contributed by atoms with van der Waals surface area (Å²) < 4.78 is 0. The lowest BCUT2D eigenvalue weighted by molar-refractivity contribution is -0.118. The number of thioether (sulfide) groups is 1. The highest BCUT2D eigenvalue weighted by atomic mass is 32.2. The van der Waals surface area contributed by atoms with Gasteiger partial charge >= 0.3 is 0 Å². The van der Waals surface area contributed by atoms with Crippen LogP contribution in [-0.4, -0.2) is 21.5 Å². The summed E-state index contributed by atoms with van der Waals surface area (Å²) in [5, 5.41) is 4.02. The van der Waals surface area contributed by atoms with Crippen LogP contribution in [0.15, 0.2) is 45.5 Å². The lowest BCUT2D eigenvalue weighted by atomic mass is 9.69. The minimum atomic E-state index is -0.388. The van der Waals surface area contributed by atoms with E-state index in [1.165, 1.54) is 0 Å². The van der Waals surface area contributed by atoms with E-state index in [9.17, 15) is 9.59 Å². The second kappa shape index (κ2) is 8.30. The highest BCUT2D eigenvalue weighted by molar-refractivity contribution is 7.99. The molecule has 164 valence electrons. The number of Topliss-reactive ketones (excluding diaryl/α,β-unsaturated/α-hetero) is 1. The molecule has 1 atom stereocenters. The van der Waals surface area contributed by atoms with Crippen molar-refractivity contribution in [3.05, 3.63) is 62.6 Å². The molecule has 2 heterocycles. The fraction of sp³-hybridized carbons (Fsp3) is 0.480. The number of fused-ring (bicyclic) bond motifs is 1. The van der Waals surface area contributed by atoms with Gasteiger partial charge in [-0.2, -0.15) is 0 Å². The highest BCUT2D eigenvalue weighted by Gasteiger charge is 2.42. The Labute approximate surface area is 188 Å². The van der Waals surface area contributed by atoms with E-state index in [0.29, 0.717) is 28.9 Å². The van der Waals surface area contributed by atoms with Gasteiger partial charge < -0.3 is 10.3 Å². The van der Waals surface area contributed by atoms with Crippen molar-refractivity contribution in [1.82, 2.24) is 9.97 Å². The maximum atomic E-state index is 13.3. The molecule has 2 N–H and O–H groups in total. The molecule has 2 aromatic rings. The van der Waals surface area contributed by atoms with Gasteiger partial charge in [-0.3, -0.25) is 9.59 Å². The number of benzene rings is 1. The van der Waals surface area contributed by atoms with E-state index in [-0.39, 0.29) is 22.7 Å². The molecule has 1 aromatic heterocycles. The molecule has 4 rings (SSSR count). The molecule has 0 saturated heterocycles. The van der Waals surface area contributed by atoms with E-state index in [1.54, 1.807) is 11.8 Å². The number of nitrogens with zero attached hydrogens (tertiary/aromatic N) is 1. The molecule has 0 unspecified atom stereocenters. The SMILES string of the molecule is Cc1ccc([C@@H]2C3=C(CC(C)(C)CC3=O)Nc3nc(SCCC(C)C)[nH]c(=O)c32)cc1. The first-order valence-electron chi connectivity index (χ1n) is 11.0. The molecule has 5 nitrogen and oxygen atoms in total. The second-order valence-corrected chi connectivity index (χ2v) is 11.0. The molecule has 6 heteroatoms. The average Bonchev–Trinajstić information content (AvgIpc) is 2.65. The summed E-state index contributed by atoms with van der Waals surface area (Å²) in [4.78, 5) is 34.3. The van der Waals surface area contributed by atoms with E-state index in [0.717, 1.165) is 41.0 Å². The summed E-state index contributed by atoms with van der Waals surface area (Å²) in [6.07, 6.45) is 2.31. The lowest BCUT2D eigenvalue weighted by Gasteiger charge is -2.38. The molecular formula is C25H31N3O2S. The summed E-state index contributed by atoms with van der Waals surface area (Å²) >= 11 is 1.57. The van der Waals surface area contributed by atoms with Crippen LogP contribution in [-0.2, 0) is 4.79 Å². The van der Waals surface area contributed by atoms with E-state index >= 15 is 0 Å². The van der Waals surface area contributed by atoms with Crippen LogP contribution in [0, 0.1) is 18.3 Å². The Hall–Kier alpha value is -2.34. The lowest BCUT2D eigenvalue weighted by Crippen LogP contribution is -2.37. The molecule has 0 fully saturated rings. The first-order valence-corrected chi connectivity index (χ1v) is 12.0. The largest absolute Gasteiger partial charge is 0.343 e. The number of aromatic amines is 1. The molecule has 1 aromatic carbocycles. The quantitative estimate of drug-likeness (QED) is 0.483. The third-order valence-electron chi connectivity index (χ3n) is 6.04. The smallest absolute Gasteiger partial charge is 0.257 e. The summed E-state index contributed by atoms with van der Waals surface area (Å²) in [6, 6.07) is 8.12. The van der Waals surface area contributed by atoms with Crippen LogP contribution in [0.4, 0.5) is 5.82 Å². The fourth-order valence-corrected chi connectivity index (χ4v) is 5.55. The minimum Gasteiger partial charge on any atom is -0.343 e. The molecule has 1 aliphatic heterocycles. The van der Waals surface area contributed by atoms with Crippen LogP contribution in [0.5, 0.6) is 0 Å². The number of rotatable bonds is 5. The molecule has 0 amide bonds. The van der Waals surface area contributed by atoms with Crippen LogP contribution in [0.3, 0.4) is 0 Å². The summed E-state index contributed by atoms with van der Waals surface area (Å²) in [5.41, 5.74) is 4.00. The molecule has 0 radical (unpaired) electrons. The number of aryl methyl sites for hydroxylation is 1. The standard InChI is InChI=1S/C25H31N3O2S/c1-14(2)10-11-31-24-27-22-21(23(30)28-24)19(16-8-6-15(3)7-9-16)20-17(26-22)12-25(4,5)13-18(20)29/h6-9,14,19H,10-13H2,1-5H3,(H2,26,27,28,30)/t19-/m1/s1. The first-order chi connectivity index (χ1) is 14.6. The van der Waals surface area contributed by atoms with Crippen molar-refractivity contribution >= 4 is 23.4 Å². The first kappa shape index (κ1) is 21.9. The average molecular weight is 438 g/mol. The van der Waals surface area contributed by atoms with Crippen LogP contribution >= 0.6 is 11.8 Å². The van der Waals surface area contributed by atoms with Gasteiger partial charge in [0.15, 0.2) is 10.9 Å². The normalized spacial score (nSPS) is 19.8. The number of carbonyl (C=O) groups excluding carboxylic acids is 1. The van der Waals surface area contributed by atoms with Crippen molar-refractivity contribution in [2.45, 2.75) is 65.0 Å². The van der Waals surface area contributed by atoms with Crippen LogP contribution in [0.25, 0.3) is 0 Å². The topological polar surface area (TPSA) is 74.8 Å². The van der Waals surface area contributed by atoms with Crippen molar-refractivity contribution in [2.75, 3.05) is 11.1 Å². The third-order valence-corrected chi connectivity index (χ3v) is 6.95. The van der Waals surface area contributed by atoms with E-state index < -0.39 is 0 Å². The van der Waals surface area contributed by atoms with Crippen LogP contribution in [0.1, 0.15) is 69.6 Å². The Bertz CT molecular complexity index is 1100. The number of anilines is 1. The number of hydrogen-bond donors (Lipinski definition) is 2. The van der Waals surface area contributed by atoms with Crippen molar-refractivity contribution in [2.24, 2.45) is 11.3 Å². The number of hydrogen-bond acceptors (Lipinski definition) is 5. The van der Waals surface area contributed by atoms with Crippen molar-refractivity contribution in [1.29, 1.82) is 0 Å². The Morgan fingerprint density at radius 1 is 1.16 bits per heavy atom. The zero-order valence-electron chi connectivity index (χ0n) is 19.0. The summed E-state index contributed by atoms with van der Waals surface area (Å²) in [6.45, 7) is 10.6. The van der Waals surface area contributed by atoms with E-state index in [2.05, 4.69) is 38.0 Å². The third kappa shape index (κ3) is 4.49. The maximum absolute atomic E-state index is 13.3. The Balaban J connectivity index is 1.82. The number of nitrogens with one attached hydrogen (secondary N) is 2. The number of H-pyrrole nitrogens is 1. The van der Waals surface area contributed by atoms with Gasteiger partial charge in [-0.05, 0) is 36.7 Å². The molecule has 31 heavy (non-hydrogen) atoms. The van der Waals surface area contributed by atoms with Gasteiger partial charge in [-0.1, -0.05) is 69.3 Å².